The normalized spacial score (nSPS) is 10.6. The zero-order valence-electron chi connectivity index (χ0n) is 14.0. The Morgan fingerprint density at radius 3 is 2.44 bits per heavy atom. The van der Waals surface area contributed by atoms with Crippen molar-refractivity contribution in [1.82, 2.24) is 9.78 Å². The average molecular weight is 372 g/mol. The third kappa shape index (κ3) is 3.89. The van der Waals surface area contributed by atoms with Gasteiger partial charge < -0.3 is 9.32 Å². The maximum atomic E-state index is 13.0. The minimum atomic E-state index is -0.834. The Balaban J connectivity index is 1.76. The molecule has 0 aliphatic rings. The van der Waals surface area contributed by atoms with Crippen LogP contribution in [-0.4, -0.2) is 27.7 Å². The van der Waals surface area contributed by atoms with Crippen molar-refractivity contribution in [2.45, 2.75) is 6.54 Å². The summed E-state index contributed by atoms with van der Waals surface area (Å²) in [7, 11) is 1.47. The molecule has 0 aliphatic carbocycles. The molecule has 138 valence electrons. The molecule has 0 radical (unpaired) electrons. The lowest BCUT2D eigenvalue weighted by molar-refractivity contribution is -0.384. The Bertz CT molecular complexity index is 1040. The largest absolute Gasteiger partial charge is 0.437 e. The van der Waals surface area contributed by atoms with Crippen LogP contribution in [0.2, 0.25) is 0 Å². The fourth-order valence-corrected chi connectivity index (χ4v) is 2.29. The fourth-order valence-electron chi connectivity index (χ4n) is 2.29. The van der Waals surface area contributed by atoms with Gasteiger partial charge in [0.1, 0.15) is 12.4 Å². The number of anilines is 1. The van der Waals surface area contributed by atoms with Crippen LogP contribution in [0.25, 0.3) is 11.5 Å². The van der Waals surface area contributed by atoms with Gasteiger partial charge in [-0.05, 0) is 36.4 Å². The number of nitro benzene ring substituents is 1. The van der Waals surface area contributed by atoms with Gasteiger partial charge in [-0.15, -0.1) is 5.10 Å². The SMILES string of the molecule is CN(C(=O)Cn1nc(-c2ccc(F)cc2)oc1=O)c1ccc([N+](=O)[O-])cc1. The molecule has 2 aromatic carbocycles. The van der Waals surface area contributed by atoms with E-state index in [9.17, 15) is 24.1 Å². The molecule has 1 aromatic heterocycles. The Kier molecular flexibility index (Phi) is 4.79. The van der Waals surface area contributed by atoms with E-state index < -0.39 is 28.9 Å². The number of nitro groups is 1. The van der Waals surface area contributed by atoms with Crippen molar-refractivity contribution in [2.75, 3.05) is 11.9 Å². The molecular weight excluding hydrogens is 359 g/mol. The summed E-state index contributed by atoms with van der Waals surface area (Å²) >= 11 is 0. The molecular formula is C17H13FN4O5. The molecule has 0 bridgehead atoms. The maximum absolute atomic E-state index is 13.0. The van der Waals surface area contributed by atoms with E-state index >= 15 is 0 Å². The topological polar surface area (TPSA) is 111 Å². The highest BCUT2D eigenvalue weighted by Gasteiger charge is 2.17. The lowest BCUT2D eigenvalue weighted by Gasteiger charge is -2.16. The molecule has 1 amide bonds. The second-order valence-electron chi connectivity index (χ2n) is 5.56. The molecule has 0 aliphatic heterocycles. The lowest BCUT2D eigenvalue weighted by atomic mass is 10.2. The molecule has 3 rings (SSSR count). The minimum absolute atomic E-state index is 0.0363. The zero-order chi connectivity index (χ0) is 19.6. The highest BCUT2D eigenvalue weighted by Crippen LogP contribution is 2.19. The third-order valence-electron chi connectivity index (χ3n) is 3.80. The Morgan fingerprint density at radius 2 is 1.85 bits per heavy atom. The first-order valence-electron chi connectivity index (χ1n) is 7.70. The van der Waals surface area contributed by atoms with Gasteiger partial charge in [-0.2, -0.15) is 4.68 Å². The molecule has 27 heavy (non-hydrogen) atoms. The van der Waals surface area contributed by atoms with Crippen molar-refractivity contribution in [3.63, 3.8) is 0 Å². The quantitative estimate of drug-likeness (QED) is 0.501. The summed E-state index contributed by atoms with van der Waals surface area (Å²) in [6, 6.07) is 10.6. The zero-order valence-corrected chi connectivity index (χ0v) is 14.0. The van der Waals surface area contributed by atoms with Gasteiger partial charge in [0.2, 0.25) is 11.8 Å². The average Bonchev–Trinajstić information content (AvgIpc) is 3.02. The molecule has 0 atom stereocenters. The standard InChI is InChI=1S/C17H13FN4O5/c1-20(13-6-8-14(9-7-13)22(25)26)15(23)10-21-17(24)27-16(19-21)11-2-4-12(18)5-3-11/h2-9H,10H2,1H3. The maximum Gasteiger partial charge on any atom is 0.437 e. The second kappa shape index (κ2) is 7.20. The van der Waals surface area contributed by atoms with Crippen LogP contribution in [-0.2, 0) is 11.3 Å². The van der Waals surface area contributed by atoms with Crippen LogP contribution in [0.1, 0.15) is 0 Å². The van der Waals surface area contributed by atoms with Gasteiger partial charge in [0, 0.05) is 30.4 Å². The van der Waals surface area contributed by atoms with Gasteiger partial charge in [-0.25, -0.2) is 9.18 Å². The number of halogens is 1. The molecule has 1 heterocycles. The smallest absolute Gasteiger partial charge is 0.388 e. The van der Waals surface area contributed by atoms with Crippen molar-refractivity contribution < 1.29 is 18.5 Å². The summed E-state index contributed by atoms with van der Waals surface area (Å²) < 4.78 is 18.8. The summed E-state index contributed by atoms with van der Waals surface area (Å²) in [4.78, 5) is 35.7. The van der Waals surface area contributed by atoms with Crippen molar-refractivity contribution in [2.24, 2.45) is 0 Å². The number of amides is 1. The summed E-state index contributed by atoms with van der Waals surface area (Å²) in [5, 5.41) is 14.6. The van der Waals surface area contributed by atoms with Crippen LogP contribution in [0.15, 0.2) is 57.7 Å². The molecule has 0 spiro atoms. The van der Waals surface area contributed by atoms with E-state index in [1.54, 1.807) is 0 Å². The lowest BCUT2D eigenvalue weighted by Crippen LogP contribution is -2.33. The van der Waals surface area contributed by atoms with Crippen LogP contribution in [0.5, 0.6) is 0 Å². The van der Waals surface area contributed by atoms with E-state index in [4.69, 9.17) is 4.42 Å². The molecule has 10 heteroatoms. The van der Waals surface area contributed by atoms with Gasteiger partial charge >= 0.3 is 5.76 Å². The number of aromatic nitrogens is 2. The number of hydrogen-bond acceptors (Lipinski definition) is 6. The predicted molar refractivity (Wildman–Crippen MR) is 92.7 cm³/mol. The molecule has 0 N–H and O–H groups in total. The summed E-state index contributed by atoms with van der Waals surface area (Å²) in [5.74, 6) is -1.80. The van der Waals surface area contributed by atoms with Gasteiger partial charge in [0.15, 0.2) is 0 Å². The summed E-state index contributed by atoms with van der Waals surface area (Å²) in [5.41, 5.74) is 0.709. The van der Waals surface area contributed by atoms with E-state index in [-0.39, 0.29) is 11.6 Å². The molecule has 0 unspecified atom stereocenters. The first kappa shape index (κ1) is 18.0. The van der Waals surface area contributed by atoms with E-state index in [0.29, 0.717) is 11.3 Å². The van der Waals surface area contributed by atoms with Crippen molar-refractivity contribution in [1.29, 1.82) is 0 Å². The van der Waals surface area contributed by atoms with Crippen LogP contribution in [0.4, 0.5) is 15.8 Å². The fraction of sp³-hybridized carbons (Fsp3) is 0.118. The van der Waals surface area contributed by atoms with Gasteiger partial charge in [0.05, 0.1) is 4.92 Å². The Hall–Kier alpha value is -3.82. The number of nitrogens with zero attached hydrogens (tertiary/aromatic N) is 4. The molecule has 0 fully saturated rings. The highest BCUT2D eigenvalue weighted by molar-refractivity contribution is 5.92. The first-order valence-corrected chi connectivity index (χ1v) is 7.70. The number of hydrogen-bond donors (Lipinski definition) is 0. The predicted octanol–water partition coefficient (Wildman–Crippen LogP) is 2.21. The number of non-ortho nitro benzene ring substituents is 1. The van der Waals surface area contributed by atoms with Crippen LogP contribution < -0.4 is 10.7 Å². The second-order valence-corrected chi connectivity index (χ2v) is 5.56. The van der Waals surface area contributed by atoms with Crippen molar-refractivity contribution in [3.8, 4) is 11.5 Å². The molecule has 0 saturated carbocycles. The Morgan fingerprint density at radius 1 is 1.22 bits per heavy atom. The molecule has 0 saturated heterocycles. The van der Waals surface area contributed by atoms with Crippen molar-refractivity contribution in [3.05, 3.63) is 75.0 Å². The van der Waals surface area contributed by atoms with E-state index in [0.717, 1.165) is 4.68 Å². The Labute approximate surface area is 151 Å². The number of carbonyl (C=O) groups excluding carboxylic acids is 1. The third-order valence-corrected chi connectivity index (χ3v) is 3.80. The summed E-state index contributed by atoms with van der Waals surface area (Å²) in [6.07, 6.45) is 0. The summed E-state index contributed by atoms with van der Waals surface area (Å²) in [6.45, 7) is -0.392. The molecule has 9 nitrogen and oxygen atoms in total. The highest BCUT2D eigenvalue weighted by atomic mass is 19.1. The van der Waals surface area contributed by atoms with Crippen LogP contribution in [0, 0.1) is 15.9 Å². The van der Waals surface area contributed by atoms with Gasteiger partial charge in [-0.1, -0.05) is 0 Å². The number of likely N-dealkylation sites (N-methyl/N-ethyl adjacent to an activating group) is 1. The van der Waals surface area contributed by atoms with E-state index in [2.05, 4.69) is 5.10 Å². The van der Waals surface area contributed by atoms with Crippen LogP contribution >= 0.6 is 0 Å². The number of rotatable bonds is 5. The van der Waals surface area contributed by atoms with Crippen molar-refractivity contribution >= 4 is 17.3 Å². The van der Waals surface area contributed by atoms with Gasteiger partial charge in [-0.3, -0.25) is 14.9 Å². The minimum Gasteiger partial charge on any atom is -0.388 e. The number of benzene rings is 2. The van der Waals surface area contributed by atoms with Crippen LogP contribution in [0.3, 0.4) is 0 Å². The number of carbonyl (C=O) groups is 1. The van der Waals surface area contributed by atoms with Gasteiger partial charge in [0.25, 0.3) is 5.69 Å². The van der Waals surface area contributed by atoms with E-state index in [1.165, 1.54) is 60.5 Å². The monoisotopic (exact) mass is 372 g/mol. The molecule has 3 aromatic rings. The first-order chi connectivity index (χ1) is 12.8. The van der Waals surface area contributed by atoms with E-state index in [1.807, 2.05) is 0 Å².